The average Bonchev–Trinajstić information content (AvgIpc) is 2.88. The van der Waals surface area contributed by atoms with E-state index in [2.05, 4.69) is 5.32 Å². The maximum absolute atomic E-state index is 12.6. The van der Waals surface area contributed by atoms with Crippen LogP contribution in [0.15, 0.2) is 42.5 Å². The van der Waals surface area contributed by atoms with Crippen molar-refractivity contribution in [2.24, 2.45) is 0 Å². The number of hydrogen-bond donors (Lipinski definition) is 2. The Hall–Kier alpha value is -2.24. The first-order valence-corrected chi connectivity index (χ1v) is 8.30. The van der Waals surface area contributed by atoms with Gasteiger partial charge in [-0.15, -0.1) is 11.3 Å². The molecule has 0 fully saturated rings. The second kappa shape index (κ2) is 6.48. The summed E-state index contributed by atoms with van der Waals surface area (Å²) in [6.45, 7) is 2.35. The van der Waals surface area contributed by atoms with Gasteiger partial charge in [-0.3, -0.25) is 4.79 Å². The molecule has 6 heteroatoms. The summed E-state index contributed by atoms with van der Waals surface area (Å²) in [4.78, 5) is 13.1. The predicted octanol–water partition coefficient (Wildman–Crippen LogP) is 4.79. The Morgan fingerprint density at radius 1 is 1.30 bits per heavy atom. The Bertz CT molecular complexity index is 876. The monoisotopic (exact) mass is 346 g/mol. The van der Waals surface area contributed by atoms with E-state index < -0.39 is 0 Å². The number of hydrogen-bond acceptors (Lipinski definition) is 4. The van der Waals surface area contributed by atoms with Crippen LogP contribution in [-0.2, 0) is 0 Å². The van der Waals surface area contributed by atoms with E-state index in [4.69, 9.17) is 22.1 Å². The van der Waals surface area contributed by atoms with Crippen LogP contribution < -0.4 is 15.8 Å². The fourth-order valence-corrected chi connectivity index (χ4v) is 3.67. The number of fused-ring (bicyclic) bond motifs is 1. The van der Waals surface area contributed by atoms with E-state index in [-0.39, 0.29) is 5.91 Å². The molecule has 1 aromatic heterocycles. The number of anilines is 2. The molecular formula is C17H15ClN2O2S. The minimum absolute atomic E-state index is 0.262. The molecule has 3 aromatic rings. The maximum atomic E-state index is 12.6. The van der Waals surface area contributed by atoms with Crippen molar-refractivity contribution in [3.8, 4) is 5.75 Å². The molecule has 0 saturated carbocycles. The van der Waals surface area contributed by atoms with E-state index in [0.717, 1.165) is 10.1 Å². The highest BCUT2D eigenvalue weighted by molar-refractivity contribution is 7.21. The molecule has 0 bridgehead atoms. The lowest BCUT2D eigenvalue weighted by Crippen LogP contribution is -2.12. The highest BCUT2D eigenvalue weighted by Crippen LogP contribution is 2.36. The van der Waals surface area contributed by atoms with Crippen molar-refractivity contribution in [3.05, 3.63) is 52.4 Å². The Morgan fingerprint density at radius 2 is 2.09 bits per heavy atom. The number of halogens is 1. The summed E-state index contributed by atoms with van der Waals surface area (Å²) >= 11 is 7.71. The molecule has 1 heterocycles. The first kappa shape index (κ1) is 15.6. The van der Waals surface area contributed by atoms with Crippen molar-refractivity contribution >= 4 is 50.3 Å². The summed E-state index contributed by atoms with van der Waals surface area (Å²) < 4.78 is 6.50. The van der Waals surface area contributed by atoms with Gasteiger partial charge < -0.3 is 15.8 Å². The Labute approximate surface area is 142 Å². The van der Waals surface area contributed by atoms with Crippen molar-refractivity contribution < 1.29 is 9.53 Å². The van der Waals surface area contributed by atoms with Crippen molar-refractivity contribution in [1.82, 2.24) is 0 Å². The van der Waals surface area contributed by atoms with Gasteiger partial charge in [0.1, 0.15) is 10.6 Å². The zero-order valence-electron chi connectivity index (χ0n) is 12.4. The summed E-state index contributed by atoms with van der Waals surface area (Å²) in [6, 6.07) is 12.8. The molecular weight excluding hydrogens is 332 g/mol. The molecule has 0 atom stereocenters. The Kier molecular flexibility index (Phi) is 4.41. The van der Waals surface area contributed by atoms with E-state index in [1.54, 1.807) is 18.2 Å². The van der Waals surface area contributed by atoms with Gasteiger partial charge in [0.25, 0.3) is 5.91 Å². The molecule has 118 valence electrons. The zero-order chi connectivity index (χ0) is 16.4. The first-order valence-electron chi connectivity index (χ1n) is 7.11. The van der Waals surface area contributed by atoms with Crippen molar-refractivity contribution in [2.45, 2.75) is 6.92 Å². The third-order valence-corrected chi connectivity index (χ3v) is 4.97. The lowest BCUT2D eigenvalue weighted by atomic mass is 10.2. The number of ether oxygens (including phenoxy) is 1. The molecule has 0 unspecified atom stereocenters. The van der Waals surface area contributed by atoms with Gasteiger partial charge in [-0.25, -0.2) is 0 Å². The van der Waals surface area contributed by atoms with Crippen LogP contribution >= 0.6 is 22.9 Å². The lowest BCUT2D eigenvalue weighted by molar-refractivity contribution is 0.103. The highest BCUT2D eigenvalue weighted by Gasteiger charge is 2.18. The predicted molar refractivity (Wildman–Crippen MR) is 96.8 cm³/mol. The number of nitrogens with one attached hydrogen (secondary N) is 1. The van der Waals surface area contributed by atoms with Crippen LogP contribution in [0.5, 0.6) is 5.75 Å². The number of carbonyl (C=O) groups is 1. The number of benzene rings is 2. The molecule has 0 radical (unpaired) electrons. The molecule has 0 spiro atoms. The van der Waals surface area contributed by atoms with Crippen LogP contribution in [0, 0.1) is 0 Å². The topological polar surface area (TPSA) is 64.3 Å². The van der Waals surface area contributed by atoms with Crippen molar-refractivity contribution in [3.63, 3.8) is 0 Å². The fourth-order valence-electron chi connectivity index (χ4n) is 2.26. The number of nitrogen functional groups attached to an aromatic ring is 1. The SMILES string of the molecule is CCOc1cc(N)ccc1NC(=O)c1sc2ccccc2c1Cl. The van der Waals surface area contributed by atoms with Gasteiger partial charge in [0.2, 0.25) is 0 Å². The number of thiophene rings is 1. The molecule has 2 aromatic carbocycles. The molecule has 4 nitrogen and oxygen atoms in total. The molecule has 3 rings (SSSR count). The van der Waals surface area contributed by atoms with E-state index in [1.165, 1.54) is 11.3 Å². The summed E-state index contributed by atoms with van der Waals surface area (Å²) in [5.41, 5.74) is 6.91. The summed E-state index contributed by atoms with van der Waals surface area (Å²) in [5, 5.41) is 4.20. The largest absolute Gasteiger partial charge is 0.492 e. The second-order valence-electron chi connectivity index (χ2n) is 4.88. The van der Waals surface area contributed by atoms with Crippen molar-refractivity contribution in [2.75, 3.05) is 17.7 Å². The van der Waals surface area contributed by atoms with Gasteiger partial charge in [-0.2, -0.15) is 0 Å². The fraction of sp³-hybridized carbons (Fsp3) is 0.118. The summed E-state index contributed by atoms with van der Waals surface area (Å²) in [6.07, 6.45) is 0. The van der Waals surface area contributed by atoms with Crippen molar-refractivity contribution in [1.29, 1.82) is 0 Å². The van der Waals surface area contributed by atoms with Gasteiger partial charge >= 0.3 is 0 Å². The minimum atomic E-state index is -0.262. The highest BCUT2D eigenvalue weighted by atomic mass is 35.5. The normalized spacial score (nSPS) is 10.7. The van der Waals surface area contributed by atoms with E-state index in [9.17, 15) is 4.79 Å². The van der Waals surface area contributed by atoms with E-state index >= 15 is 0 Å². The smallest absolute Gasteiger partial charge is 0.267 e. The van der Waals surface area contributed by atoms with Gasteiger partial charge in [0.05, 0.1) is 17.3 Å². The van der Waals surface area contributed by atoms with Crippen LogP contribution in [0.3, 0.4) is 0 Å². The molecule has 0 saturated heterocycles. The van der Waals surface area contributed by atoms with Gasteiger partial charge in [-0.1, -0.05) is 29.8 Å². The van der Waals surface area contributed by atoms with Crippen LogP contribution in [0.25, 0.3) is 10.1 Å². The molecule has 0 aliphatic heterocycles. The third-order valence-electron chi connectivity index (χ3n) is 3.29. The van der Waals surface area contributed by atoms with E-state index in [0.29, 0.717) is 33.6 Å². The number of nitrogens with two attached hydrogens (primary N) is 1. The minimum Gasteiger partial charge on any atom is -0.492 e. The standard InChI is InChI=1S/C17H15ClN2O2S/c1-2-22-13-9-10(19)7-8-12(13)20-17(21)16-15(18)11-5-3-4-6-14(11)23-16/h3-9H,2,19H2,1H3,(H,20,21). The summed E-state index contributed by atoms with van der Waals surface area (Å²) in [5.74, 6) is 0.278. The van der Waals surface area contributed by atoms with Crippen LogP contribution in [0.2, 0.25) is 5.02 Å². The molecule has 0 aliphatic carbocycles. The quantitative estimate of drug-likeness (QED) is 0.668. The third kappa shape index (κ3) is 3.11. The van der Waals surface area contributed by atoms with Crippen LogP contribution in [0.4, 0.5) is 11.4 Å². The number of carbonyl (C=O) groups excluding carboxylic acids is 1. The first-order chi connectivity index (χ1) is 11.1. The van der Waals surface area contributed by atoms with E-state index in [1.807, 2.05) is 31.2 Å². The zero-order valence-corrected chi connectivity index (χ0v) is 14.0. The van der Waals surface area contributed by atoms with Gasteiger partial charge in [-0.05, 0) is 25.1 Å². The molecule has 23 heavy (non-hydrogen) atoms. The molecule has 3 N–H and O–H groups in total. The average molecular weight is 347 g/mol. The Morgan fingerprint density at radius 3 is 2.83 bits per heavy atom. The second-order valence-corrected chi connectivity index (χ2v) is 6.31. The van der Waals surface area contributed by atoms with Crippen LogP contribution in [0.1, 0.15) is 16.6 Å². The molecule has 1 amide bonds. The maximum Gasteiger partial charge on any atom is 0.267 e. The number of amides is 1. The number of rotatable bonds is 4. The van der Waals surface area contributed by atoms with Gasteiger partial charge in [0, 0.05) is 21.8 Å². The Balaban J connectivity index is 1.93. The molecule has 0 aliphatic rings. The summed E-state index contributed by atoms with van der Waals surface area (Å²) in [7, 11) is 0. The van der Waals surface area contributed by atoms with Crippen LogP contribution in [-0.4, -0.2) is 12.5 Å². The lowest BCUT2D eigenvalue weighted by Gasteiger charge is -2.11. The van der Waals surface area contributed by atoms with Gasteiger partial charge in [0.15, 0.2) is 0 Å².